The Morgan fingerprint density at radius 1 is 1.33 bits per heavy atom. The van der Waals surface area contributed by atoms with E-state index in [1.165, 1.54) is 30.4 Å². The molecule has 1 saturated carbocycles. The van der Waals surface area contributed by atoms with Crippen molar-refractivity contribution in [2.24, 2.45) is 11.8 Å². The average molecular weight is 289 g/mol. The molecular weight excluding hydrogens is 258 g/mol. The molecule has 0 aromatic heterocycles. The van der Waals surface area contributed by atoms with E-state index in [2.05, 4.69) is 51.2 Å². The van der Waals surface area contributed by atoms with Gasteiger partial charge in [-0.25, -0.2) is 0 Å². The minimum Gasteiger partial charge on any atom is -0.496 e. The summed E-state index contributed by atoms with van der Waals surface area (Å²) in [5.41, 5.74) is 2.99. The highest BCUT2D eigenvalue weighted by molar-refractivity contribution is 5.41. The fourth-order valence-electron chi connectivity index (χ4n) is 3.57. The molecule has 21 heavy (non-hydrogen) atoms. The molecule has 1 aliphatic carbocycles. The number of benzene rings is 1. The van der Waals surface area contributed by atoms with Crippen LogP contribution in [-0.4, -0.2) is 20.2 Å². The molecule has 2 heteroatoms. The van der Waals surface area contributed by atoms with Gasteiger partial charge in [-0.05, 0) is 55.3 Å². The van der Waals surface area contributed by atoms with Crippen LogP contribution in [0, 0.1) is 18.8 Å². The van der Waals surface area contributed by atoms with Crippen molar-refractivity contribution in [2.75, 3.05) is 20.2 Å². The smallest absolute Gasteiger partial charge is 0.122 e. The van der Waals surface area contributed by atoms with Gasteiger partial charge in [0.05, 0.1) is 7.11 Å². The van der Waals surface area contributed by atoms with Crippen molar-refractivity contribution in [1.82, 2.24) is 5.32 Å². The van der Waals surface area contributed by atoms with Crippen molar-refractivity contribution in [1.29, 1.82) is 0 Å². The standard InChI is InChI=1S/C19H31NO/c1-6-16-10-19(11-16,13-20-12-14(2)3)17-8-7-15(4)18(9-17)21-5/h7-9,14,16,20H,6,10-13H2,1-5H3. The lowest BCUT2D eigenvalue weighted by molar-refractivity contribution is 0.132. The van der Waals surface area contributed by atoms with Gasteiger partial charge in [-0.1, -0.05) is 39.3 Å². The van der Waals surface area contributed by atoms with Crippen LogP contribution < -0.4 is 10.1 Å². The van der Waals surface area contributed by atoms with Crippen LogP contribution in [0.2, 0.25) is 0 Å². The fourth-order valence-corrected chi connectivity index (χ4v) is 3.57. The topological polar surface area (TPSA) is 21.3 Å². The van der Waals surface area contributed by atoms with E-state index >= 15 is 0 Å². The molecule has 2 nitrogen and oxygen atoms in total. The van der Waals surface area contributed by atoms with Crippen LogP contribution in [0.3, 0.4) is 0 Å². The van der Waals surface area contributed by atoms with Crippen LogP contribution in [0.5, 0.6) is 5.75 Å². The molecule has 0 radical (unpaired) electrons. The van der Waals surface area contributed by atoms with E-state index in [9.17, 15) is 0 Å². The van der Waals surface area contributed by atoms with E-state index in [1.807, 2.05) is 0 Å². The predicted octanol–water partition coefficient (Wildman–Crippen LogP) is 4.31. The van der Waals surface area contributed by atoms with E-state index < -0.39 is 0 Å². The Hall–Kier alpha value is -1.02. The van der Waals surface area contributed by atoms with Crippen molar-refractivity contribution >= 4 is 0 Å². The molecule has 0 aliphatic heterocycles. The van der Waals surface area contributed by atoms with Gasteiger partial charge >= 0.3 is 0 Å². The second-order valence-corrected chi connectivity index (χ2v) is 7.17. The second kappa shape index (κ2) is 6.83. The van der Waals surface area contributed by atoms with Crippen LogP contribution in [-0.2, 0) is 5.41 Å². The van der Waals surface area contributed by atoms with Crippen molar-refractivity contribution in [3.05, 3.63) is 29.3 Å². The summed E-state index contributed by atoms with van der Waals surface area (Å²) in [6, 6.07) is 6.77. The van der Waals surface area contributed by atoms with Crippen molar-refractivity contribution in [3.63, 3.8) is 0 Å². The number of methoxy groups -OCH3 is 1. The van der Waals surface area contributed by atoms with Crippen molar-refractivity contribution < 1.29 is 4.74 Å². The number of hydrogen-bond donors (Lipinski definition) is 1. The predicted molar refractivity (Wildman–Crippen MR) is 90.1 cm³/mol. The zero-order valence-electron chi connectivity index (χ0n) is 14.3. The maximum Gasteiger partial charge on any atom is 0.122 e. The molecule has 0 spiro atoms. The number of rotatable bonds is 7. The average Bonchev–Trinajstić information content (AvgIpc) is 2.42. The summed E-state index contributed by atoms with van der Waals surface area (Å²) >= 11 is 0. The number of ether oxygens (including phenoxy) is 1. The van der Waals surface area contributed by atoms with E-state index in [-0.39, 0.29) is 0 Å². The van der Waals surface area contributed by atoms with Crippen LogP contribution in [0.4, 0.5) is 0 Å². The first-order valence-electron chi connectivity index (χ1n) is 8.36. The highest BCUT2D eigenvalue weighted by Gasteiger charge is 2.44. The summed E-state index contributed by atoms with van der Waals surface area (Å²) in [4.78, 5) is 0. The van der Waals surface area contributed by atoms with Gasteiger partial charge in [-0.15, -0.1) is 0 Å². The number of aryl methyl sites for hydroxylation is 1. The molecule has 0 heterocycles. The molecule has 1 aromatic carbocycles. The van der Waals surface area contributed by atoms with Gasteiger partial charge in [0.25, 0.3) is 0 Å². The minimum absolute atomic E-state index is 0.316. The summed E-state index contributed by atoms with van der Waals surface area (Å²) in [5, 5.41) is 3.68. The van der Waals surface area contributed by atoms with Crippen LogP contribution in [0.15, 0.2) is 18.2 Å². The third-order valence-electron chi connectivity index (χ3n) is 4.97. The SMILES string of the molecule is CCC1CC(CNCC(C)C)(c2ccc(C)c(OC)c2)C1. The van der Waals surface area contributed by atoms with Gasteiger partial charge in [0, 0.05) is 12.0 Å². The van der Waals surface area contributed by atoms with E-state index in [4.69, 9.17) is 4.74 Å². The second-order valence-electron chi connectivity index (χ2n) is 7.17. The highest BCUT2D eigenvalue weighted by atomic mass is 16.5. The zero-order chi connectivity index (χ0) is 15.5. The molecule has 0 unspecified atom stereocenters. The van der Waals surface area contributed by atoms with Gasteiger partial charge in [0.2, 0.25) is 0 Å². The highest BCUT2D eigenvalue weighted by Crippen LogP contribution is 2.49. The van der Waals surface area contributed by atoms with Crippen LogP contribution in [0.1, 0.15) is 51.2 Å². The van der Waals surface area contributed by atoms with Crippen molar-refractivity contribution in [3.8, 4) is 5.75 Å². The van der Waals surface area contributed by atoms with E-state index in [1.54, 1.807) is 7.11 Å². The summed E-state index contributed by atoms with van der Waals surface area (Å²) in [6.45, 7) is 11.2. The lowest BCUT2D eigenvalue weighted by Gasteiger charge is -2.49. The third kappa shape index (κ3) is 3.60. The first-order valence-corrected chi connectivity index (χ1v) is 8.36. The Morgan fingerprint density at radius 3 is 2.62 bits per heavy atom. The molecule has 0 saturated heterocycles. The molecule has 1 aliphatic rings. The largest absolute Gasteiger partial charge is 0.496 e. The monoisotopic (exact) mass is 289 g/mol. The lowest BCUT2D eigenvalue weighted by atomic mass is 9.57. The molecule has 1 aromatic rings. The number of hydrogen-bond acceptors (Lipinski definition) is 2. The Labute approximate surface area is 130 Å². The van der Waals surface area contributed by atoms with Crippen LogP contribution >= 0.6 is 0 Å². The van der Waals surface area contributed by atoms with Crippen LogP contribution in [0.25, 0.3) is 0 Å². The fraction of sp³-hybridized carbons (Fsp3) is 0.684. The Balaban J connectivity index is 2.16. The summed E-state index contributed by atoms with van der Waals surface area (Å²) in [6.07, 6.45) is 3.91. The maximum absolute atomic E-state index is 5.52. The van der Waals surface area contributed by atoms with E-state index in [0.29, 0.717) is 11.3 Å². The summed E-state index contributed by atoms with van der Waals surface area (Å²) in [7, 11) is 1.77. The Morgan fingerprint density at radius 2 is 2.05 bits per heavy atom. The van der Waals surface area contributed by atoms with Gasteiger partial charge in [-0.3, -0.25) is 0 Å². The zero-order valence-corrected chi connectivity index (χ0v) is 14.3. The first kappa shape index (κ1) is 16.4. The molecule has 2 rings (SSSR count). The Kier molecular flexibility index (Phi) is 5.32. The molecular formula is C19H31NO. The first-order chi connectivity index (χ1) is 10.0. The molecule has 0 amide bonds. The summed E-state index contributed by atoms with van der Waals surface area (Å²) in [5.74, 6) is 2.62. The third-order valence-corrected chi connectivity index (χ3v) is 4.97. The van der Waals surface area contributed by atoms with Gasteiger partial charge in [-0.2, -0.15) is 0 Å². The van der Waals surface area contributed by atoms with Crippen molar-refractivity contribution in [2.45, 2.75) is 52.4 Å². The normalized spacial score (nSPS) is 25.0. The summed E-state index contributed by atoms with van der Waals surface area (Å²) < 4.78 is 5.52. The minimum atomic E-state index is 0.316. The maximum atomic E-state index is 5.52. The molecule has 0 bridgehead atoms. The van der Waals surface area contributed by atoms with Gasteiger partial charge < -0.3 is 10.1 Å². The molecule has 1 N–H and O–H groups in total. The van der Waals surface area contributed by atoms with Gasteiger partial charge in [0.15, 0.2) is 0 Å². The molecule has 1 fully saturated rings. The molecule has 118 valence electrons. The van der Waals surface area contributed by atoms with E-state index in [0.717, 1.165) is 24.8 Å². The quantitative estimate of drug-likeness (QED) is 0.807. The molecule has 0 atom stereocenters. The van der Waals surface area contributed by atoms with Gasteiger partial charge in [0.1, 0.15) is 5.75 Å². The number of nitrogens with one attached hydrogen (secondary N) is 1. The Bertz CT molecular complexity index is 461. The lowest BCUT2D eigenvalue weighted by Crippen LogP contribution is -2.49.